The Kier molecular flexibility index (Phi) is 5.22. The third-order valence-corrected chi connectivity index (χ3v) is 3.83. The summed E-state index contributed by atoms with van der Waals surface area (Å²) >= 11 is 3.42. The molecule has 1 aromatic carbocycles. The maximum Gasteiger partial charge on any atom is 0.175 e. The van der Waals surface area contributed by atoms with Gasteiger partial charge in [-0.05, 0) is 54.0 Å². The van der Waals surface area contributed by atoms with Gasteiger partial charge in [0, 0.05) is 12.1 Å². The third-order valence-electron chi connectivity index (χ3n) is 3.24. The van der Waals surface area contributed by atoms with Crippen molar-refractivity contribution in [3.8, 4) is 11.5 Å². The molecule has 1 aliphatic heterocycles. The van der Waals surface area contributed by atoms with Crippen LogP contribution in [0.1, 0.15) is 23.2 Å². The van der Waals surface area contributed by atoms with Gasteiger partial charge >= 0.3 is 0 Å². The summed E-state index contributed by atoms with van der Waals surface area (Å²) in [5, 5.41) is 0. The highest BCUT2D eigenvalue weighted by molar-refractivity contribution is 9.10. The van der Waals surface area contributed by atoms with Crippen molar-refractivity contribution in [2.75, 3.05) is 33.4 Å². The maximum absolute atomic E-state index is 10.8. The first kappa shape index (κ1) is 14.3. The van der Waals surface area contributed by atoms with Crippen molar-refractivity contribution >= 4 is 22.2 Å². The minimum Gasteiger partial charge on any atom is -0.493 e. The molecule has 2 rings (SSSR count). The molecule has 4 nitrogen and oxygen atoms in total. The highest BCUT2D eigenvalue weighted by Crippen LogP contribution is 2.36. The van der Waals surface area contributed by atoms with Crippen LogP contribution in [0.4, 0.5) is 0 Å². The molecule has 0 N–H and O–H groups in total. The zero-order chi connectivity index (χ0) is 13.7. The van der Waals surface area contributed by atoms with Gasteiger partial charge < -0.3 is 9.47 Å². The molecule has 1 heterocycles. The molecule has 1 fully saturated rings. The van der Waals surface area contributed by atoms with Gasteiger partial charge in [-0.15, -0.1) is 0 Å². The van der Waals surface area contributed by atoms with E-state index in [1.807, 2.05) is 0 Å². The van der Waals surface area contributed by atoms with Gasteiger partial charge in [-0.2, -0.15) is 0 Å². The first-order chi connectivity index (χ1) is 9.24. The van der Waals surface area contributed by atoms with Gasteiger partial charge in [0.1, 0.15) is 12.9 Å². The summed E-state index contributed by atoms with van der Waals surface area (Å²) in [6.07, 6.45) is 3.35. The SMILES string of the molecule is COc1cc(C=O)cc(Br)c1OCCN1CCCC1. The summed E-state index contributed by atoms with van der Waals surface area (Å²) in [5.74, 6) is 1.24. The topological polar surface area (TPSA) is 38.8 Å². The fraction of sp³-hybridized carbons (Fsp3) is 0.500. The van der Waals surface area contributed by atoms with Crippen molar-refractivity contribution in [1.82, 2.24) is 4.90 Å². The summed E-state index contributed by atoms with van der Waals surface area (Å²) < 4.78 is 11.8. The van der Waals surface area contributed by atoms with Crippen molar-refractivity contribution in [2.45, 2.75) is 12.8 Å². The Balaban J connectivity index is 1.99. The quantitative estimate of drug-likeness (QED) is 0.753. The second kappa shape index (κ2) is 6.91. The van der Waals surface area contributed by atoms with Crippen LogP contribution in [-0.2, 0) is 0 Å². The Hall–Kier alpha value is -1.07. The van der Waals surface area contributed by atoms with Gasteiger partial charge in [-0.25, -0.2) is 0 Å². The van der Waals surface area contributed by atoms with E-state index in [0.717, 1.165) is 30.4 Å². The van der Waals surface area contributed by atoms with Gasteiger partial charge in [0.25, 0.3) is 0 Å². The molecule has 0 saturated carbocycles. The van der Waals surface area contributed by atoms with E-state index in [1.54, 1.807) is 19.2 Å². The number of likely N-dealkylation sites (tertiary alicyclic amines) is 1. The molecule has 1 aliphatic rings. The molecular formula is C14H18BrNO3. The average Bonchev–Trinajstić information content (AvgIpc) is 2.93. The first-order valence-electron chi connectivity index (χ1n) is 6.42. The molecule has 0 atom stereocenters. The van der Waals surface area contributed by atoms with Gasteiger partial charge in [0.05, 0.1) is 11.6 Å². The normalized spacial score (nSPS) is 15.5. The molecule has 5 heteroatoms. The summed E-state index contributed by atoms with van der Waals surface area (Å²) in [6, 6.07) is 3.42. The predicted octanol–water partition coefficient (Wildman–Crippen LogP) is 2.74. The Morgan fingerprint density at radius 2 is 2.11 bits per heavy atom. The van der Waals surface area contributed by atoms with E-state index >= 15 is 0 Å². The number of hydrogen-bond acceptors (Lipinski definition) is 4. The van der Waals surface area contributed by atoms with Crippen molar-refractivity contribution in [3.63, 3.8) is 0 Å². The predicted molar refractivity (Wildman–Crippen MR) is 77.3 cm³/mol. The van der Waals surface area contributed by atoms with Crippen LogP contribution in [0, 0.1) is 0 Å². The van der Waals surface area contributed by atoms with Crippen molar-refractivity contribution in [1.29, 1.82) is 0 Å². The standard InChI is InChI=1S/C14H18BrNO3/c1-18-13-9-11(10-17)8-12(15)14(13)19-7-6-16-4-2-3-5-16/h8-10H,2-7H2,1H3. The molecule has 1 saturated heterocycles. The van der Waals surface area contributed by atoms with E-state index in [4.69, 9.17) is 9.47 Å². The molecule has 0 radical (unpaired) electrons. The van der Waals surface area contributed by atoms with Crippen LogP contribution in [-0.4, -0.2) is 44.5 Å². The van der Waals surface area contributed by atoms with E-state index in [2.05, 4.69) is 20.8 Å². The molecule has 0 amide bonds. The minimum absolute atomic E-state index is 0.565. The van der Waals surface area contributed by atoms with Crippen LogP contribution in [0.2, 0.25) is 0 Å². The molecule has 0 aliphatic carbocycles. The number of ether oxygens (including phenoxy) is 2. The lowest BCUT2D eigenvalue weighted by molar-refractivity contribution is 0.112. The molecule has 19 heavy (non-hydrogen) atoms. The van der Waals surface area contributed by atoms with Crippen LogP contribution in [0.25, 0.3) is 0 Å². The number of rotatable bonds is 6. The fourth-order valence-electron chi connectivity index (χ4n) is 2.23. The number of benzene rings is 1. The van der Waals surface area contributed by atoms with Crippen LogP contribution in [0.15, 0.2) is 16.6 Å². The number of methoxy groups -OCH3 is 1. The van der Waals surface area contributed by atoms with Crippen LogP contribution < -0.4 is 9.47 Å². The van der Waals surface area contributed by atoms with E-state index in [-0.39, 0.29) is 0 Å². The zero-order valence-corrected chi connectivity index (χ0v) is 12.6. The number of aldehydes is 1. The lowest BCUT2D eigenvalue weighted by Gasteiger charge is -2.17. The fourth-order valence-corrected chi connectivity index (χ4v) is 2.81. The number of hydrogen-bond donors (Lipinski definition) is 0. The van der Waals surface area contributed by atoms with Crippen LogP contribution in [0.5, 0.6) is 11.5 Å². The number of nitrogens with zero attached hydrogens (tertiary/aromatic N) is 1. The lowest BCUT2D eigenvalue weighted by Crippen LogP contribution is -2.25. The van der Waals surface area contributed by atoms with Gasteiger partial charge in [-0.3, -0.25) is 9.69 Å². The Bertz CT molecular complexity index is 445. The Morgan fingerprint density at radius 3 is 2.74 bits per heavy atom. The van der Waals surface area contributed by atoms with Crippen molar-refractivity contribution in [3.05, 3.63) is 22.2 Å². The van der Waals surface area contributed by atoms with E-state index < -0.39 is 0 Å². The summed E-state index contributed by atoms with van der Waals surface area (Å²) in [4.78, 5) is 13.2. The Morgan fingerprint density at radius 1 is 1.37 bits per heavy atom. The smallest absolute Gasteiger partial charge is 0.175 e. The Labute approximate surface area is 121 Å². The van der Waals surface area contributed by atoms with Gasteiger partial charge in [-0.1, -0.05) is 0 Å². The molecule has 0 bridgehead atoms. The third kappa shape index (κ3) is 3.70. The molecule has 0 unspecified atom stereocenters. The summed E-state index contributed by atoms with van der Waals surface area (Å²) in [6.45, 7) is 3.86. The lowest BCUT2D eigenvalue weighted by atomic mass is 10.2. The zero-order valence-electron chi connectivity index (χ0n) is 11.0. The van der Waals surface area contributed by atoms with Crippen molar-refractivity contribution < 1.29 is 14.3 Å². The summed E-state index contributed by atoms with van der Waals surface area (Å²) in [5.41, 5.74) is 0.565. The molecule has 0 spiro atoms. The molecule has 104 valence electrons. The average molecular weight is 328 g/mol. The van der Waals surface area contributed by atoms with E-state index in [9.17, 15) is 4.79 Å². The number of carbonyl (C=O) groups is 1. The second-order valence-electron chi connectivity index (χ2n) is 4.55. The highest BCUT2D eigenvalue weighted by atomic mass is 79.9. The maximum atomic E-state index is 10.8. The van der Waals surface area contributed by atoms with E-state index in [0.29, 0.717) is 23.7 Å². The number of halogens is 1. The minimum atomic E-state index is 0.565. The largest absolute Gasteiger partial charge is 0.493 e. The highest BCUT2D eigenvalue weighted by Gasteiger charge is 2.14. The van der Waals surface area contributed by atoms with Gasteiger partial charge in [0.2, 0.25) is 0 Å². The van der Waals surface area contributed by atoms with Crippen LogP contribution >= 0.6 is 15.9 Å². The van der Waals surface area contributed by atoms with E-state index in [1.165, 1.54) is 12.8 Å². The second-order valence-corrected chi connectivity index (χ2v) is 5.40. The van der Waals surface area contributed by atoms with Crippen molar-refractivity contribution in [2.24, 2.45) is 0 Å². The number of carbonyl (C=O) groups excluding carboxylic acids is 1. The van der Waals surface area contributed by atoms with Gasteiger partial charge in [0.15, 0.2) is 11.5 Å². The monoisotopic (exact) mass is 327 g/mol. The first-order valence-corrected chi connectivity index (χ1v) is 7.21. The molecule has 0 aromatic heterocycles. The van der Waals surface area contributed by atoms with Crippen LogP contribution in [0.3, 0.4) is 0 Å². The molecule has 1 aromatic rings. The molecular weight excluding hydrogens is 310 g/mol. The summed E-state index contributed by atoms with van der Waals surface area (Å²) in [7, 11) is 1.57.